The van der Waals surface area contributed by atoms with Gasteiger partial charge in [0.05, 0.1) is 17.5 Å². The lowest BCUT2D eigenvalue weighted by atomic mass is 9.95. The SMILES string of the molecule is COC1CN(c2cccc(F)c2N)CCC1C. The van der Waals surface area contributed by atoms with Gasteiger partial charge in [-0.2, -0.15) is 0 Å². The van der Waals surface area contributed by atoms with Gasteiger partial charge in [-0.3, -0.25) is 0 Å². The van der Waals surface area contributed by atoms with Crippen molar-refractivity contribution in [1.82, 2.24) is 0 Å². The smallest absolute Gasteiger partial charge is 0.148 e. The molecule has 2 N–H and O–H groups in total. The molecule has 2 rings (SSSR count). The second-order valence-corrected chi connectivity index (χ2v) is 4.66. The highest BCUT2D eigenvalue weighted by atomic mass is 19.1. The number of rotatable bonds is 2. The second kappa shape index (κ2) is 4.92. The molecule has 1 fully saturated rings. The van der Waals surface area contributed by atoms with Crippen LogP contribution in [-0.2, 0) is 4.74 Å². The van der Waals surface area contributed by atoms with E-state index in [9.17, 15) is 4.39 Å². The van der Waals surface area contributed by atoms with Crippen molar-refractivity contribution in [3.05, 3.63) is 24.0 Å². The van der Waals surface area contributed by atoms with Gasteiger partial charge in [0.15, 0.2) is 0 Å². The van der Waals surface area contributed by atoms with E-state index in [1.54, 1.807) is 13.2 Å². The van der Waals surface area contributed by atoms with Crippen molar-refractivity contribution in [2.75, 3.05) is 30.8 Å². The molecule has 0 amide bonds. The van der Waals surface area contributed by atoms with E-state index in [1.165, 1.54) is 6.07 Å². The Labute approximate surface area is 101 Å². The quantitative estimate of drug-likeness (QED) is 0.803. The fraction of sp³-hybridized carbons (Fsp3) is 0.538. The summed E-state index contributed by atoms with van der Waals surface area (Å²) in [6.45, 7) is 3.85. The molecule has 0 radical (unpaired) electrons. The number of nitrogen functional groups attached to an aromatic ring is 1. The predicted octanol–water partition coefficient (Wildman–Crippen LogP) is 2.27. The summed E-state index contributed by atoms with van der Waals surface area (Å²) in [5.41, 5.74) is 6.79. The van der Waals surface area contributed by atoms with Gasteiger partial charge in [0.1, 0.15) is 5.82 Å². The molecule has 0 saturated carbocycles. The highest BCUT2D eigenvalue weighted by Gasteiger charge is 2.27. The molecule has 1 aliphatic heterocycles. The van der Waals surface area contributed by atoms with E-state index in [-0.39, 0.29) is 17.6 Å². The van der Waals surface area contributed by atoms with Gasteiger partial charge in [0, 0.05) is 20.2 Å². The Balaban J connectivity index is 2.20. The lowest BCUT2D eigenvalue weighted by Gasteiger charge is -2.38. The number of benzene rings is 1. The van der Waals surface area contributed by atoms with Crippen LogP contribution in [0, 0.1) is 11.7 Å². The third-order valence-corrected chi connectivity index (χ3v) is 3.56. The van der Waals surface area contributed by atoms with Crippen LogP contribution in [0.1, 0.15) is 13.3 Å². The van der Waals surface area contributed by atoms with Crippen LogP contribution >= 0.6 is 0 Å². The third kappa shape index (κ3) is 2.36. The number of anilines is 2. The Morgan fingerprint density at radius 3 is 2.94 bits per heavy atom. The van der Waals surface area contributed by atoms with Crippen molar-refractivity contribution >= 4 is 11.4 Å². The summed E-state index contributed by atoms with van der Waals surface area (Å²) in [7, 11) is 1.72. The second-order valence-electron chi connectivity index (χ2n) is 4.66. The van der Waals surface area contributed by atoms with E-state index in [1.807, 2.05) is 6.07 Å². The minimum Gasteiger partial charge on any atom is -0.395 e. The van der Waals surface area contributed by atoms with Gasteiger partial charge < -0.3 is 15.4 Å². The molecule has 1 saturated heterocycles. The van der Waals surface area contributed by atoms with Crippen LogP contribution in [0.4, 0.5) is 15.8 Å². The molecule has 17 heavy (non-hydrogen) atoms. The highest BCUT2D eigenvalue weighted by Crippen LogP contribution is 2.30. The Morgan fingerprint density at radius 1 is 1.47 bits per heavy atom. The van der Waals surface area contributed by atoms with E-state index in [0.29, 0.717) is 5.92 Å². The van der Waals surface area contributed by atoms with Gasteiger partial charge in [-0.15, -0.1) is 0 Å². The molecule has 0 bridgehead atoms. The largest absolute Gasteiger partial charge is 0.395 e. The number of halogens is 1. The minimum absolute atomic E-state index is 0.186. The fourth-order valence-electron chi connectivity index (χ4n) is 2.36. The van der Waals surface area contributed by atoms with Crippen molar-refractivity contribution in [2.24, 2.45) is 5.92 Å². The predicted molar refractivity (Wildman–Crippen MR) is 67.6 cm³/mol. The van der Waals surface area contributed by atoms with Crippen LogP contribution < -0.4 is 10.6 Å². The molecule has 2 atom stereocenters. The summed E-state index contributed by atoms with van der Waals surface area (Å²) >= 11 is 0. The molecule has 0 spiro atoms. The zero-order valence-electron chi connectivity index (χ0n) is 10.3. The minimum atomic E-state index is -0.352. The summed E-state index contributed by atoms with van der Waals surface area (Å²) in [6, 6.07) is 4.95. The Morgan fingerprint density at radius 2 is 2.24 bits per heavy atom. The standard InChI is InChI=1S/C13H19FN2O/c1-9-6-7-16(8-12(9)17-2)11-5-3-4-10(14)13(11)15/h3-5,9,12H,6-8,15H2,1-2H3. The maximum Gasteiger partial charge on any atom is 0.148 e. The normalized spacial score (nSPS) is 25.0. The molecule has 1 heterocycles. The molecule has 94 valence electrons. The molecular formula is C13H19FN2O. The van der Waals surface area contributed by atoms with Gasteiger partial charge in [-0.1, -0.05) is 13.0 Å². The summed E-state index contributed by atoms with van der Waals surface area (Å²) in [5.74, 6) is 0.182. The van der Waals surface area contributed by atoms with Crippen LogP contribution in [0.15, 0.2) is 18.2 Å². The van der Waals surface area contributed by atoms with Crippen LogP contribution in [0.5, 0.6) is 0 Å². The highest BCUT2D eigenvalue weighted by molar-refractivity contribution is 5.68. The topological polar surface area (TPSA) is 38.5 Å². The number of piperidine rings is 1. The maximum absolute atomic E-state index is 13.4. The number of nitrogens with zero attached hydrogens (tertiary/aromatic N) is 1. The Hall–Kier alpha value is -1.29. The maximum atomic E-state index is 13.4. The van der Waals surface area contributed by atoms with Gasteiger partial charge in [-0.25, -0.2) is 4.39 Å². The van der Waals surface area contributed by atoms with E-state index in [2.05, 4.69) is 11.8 Å². The summed E-state index contributed by atoms with van der Waals surface area (Å²) in [4.78, 5) is 2.10. The third-order valence-electron chi connectivity index (χ3n) is 3.56. The monoisotopic (exact) mass is 238 g/mol. The average molecular weight is 238 g/mol. The van der Waals surface area contributed by atoms with Gasteiger partial charge in [0.25, 0.3) is 0 Å². The van der Waals surface area contributed by atoms with E-state index >= 15 is 0 Å². The van der Waals surface area contributed by atoms with E-state index < -0.39 is 0 Å². The van der Waals surface area contributed by atoms with Crippen molar-refractivity contribution < 1.29 is 9.13 Å². The number of nitrogens with two attached hydrogens (primary N) is 1. The molecule has 0 aliphatic carbocycles. The van der Waals surface area contributed by atoms with E-state index in [0.717, 1.165) is 25.2 Å². The average Bonchev–Trinajstić information content (AvgIpc) is 2.34. The molecule has 1 aliphatic rings. The number of ether oxygens (including phenoxy) is 1. The summed E-state index contributed by atoms with van der Waals surface area (Å²) in [6.07, 6.45) is 1.22. The lowest BCUT2D eigenvalue weighted by molar-refractivity contribution is 0.0498. The van der Waals surface area contributed by atoms with Gasteiger partial charge in [0.2, 0.25) is 0 Å². The van der Waals surface area contributed by atoms with Crippen molar-refractivity contribution in [2.45, 2.75) is 19.4 Å². The summed E-state index contributed by atoms with van der Waals surface area (Å²) in [5, 5.41) is 0. The number of methoxy groups -OCH3 is 1. The Bertz CT molecular complexity index is 397. The van der Waals surface area contributed by atoms with Crippen LogP contribution in [0.25, 0.3) is 0 Å². The lowest BCUT2D eigenvalue weighted by Crippen LogP contribution is -2.44. The van der Waals surface area contributed by atoms with Crippen molar-refractivity contribution in [3.8, 4) is 0 Å². The van der Waals surface area contributed by atoms with Crippen molar-refractivity contribution in [3.63, 3.8) is 0 Å². The molecule has 2 unspecified atom stereocenters. The number of hydrogen-bond acceptors (Lipinski definition) is 3. The van der Waals surface area contributed by atoms with Gasteiger partial charge in [-0.05, 0) is 24.5 Å². The first-order valence-corrected chi connectivity index (χ1v) is 5.95. The molecular weight excluding hydrogens is 219 g/mol. The Kier molecular flexibility index (Phi) is 3.52. The van der Waals surface area contributed by atoms with Crippen LogP contribution in [-0.4, -0.2) is 26.3 Å². The molecule has 0 aromatic heterocycles. The summed E-state index contributed by atoms with van der Waals surface area (Å²) < 4.78 is 18.9. The first-order chi connectivity index (χ1) is 8.13. The van der Waals surface area contributed by atoms with Crippen molar-refractivity contribution in [1.29, 1.82) is 0 Å². The zero-order valence-corrected chi connectivity index (χ0v) is 10.3. The number of para-hydroxylation sites is 1. The molecule has 1 aromatic rings. The molecule has 3 nitrogen and oxygen atoms in total. The van der Waals surface area contributed by atoms with Gasteiger partial charge >= 0.3 is 0 Å². The molecule has 4 heteroatoms. The van der Waals surface area contributed by atoms with Crippen LogP contribution in [0.3, 0.4) is 0 Å². The molecule has 1 aromatic carbocycles. The fourth-order valence-corrected chi connectivity index (χ4v) is 2.36. The zero-order chi connectivity index (χ0) is 12.4. The first-order valence-electron chi connectivity index (χ1n) is 5.95. The van der Waals surface area contributed by atoms with Crippen LogP contribution in [0.2, 0.25) is 0 Å². The number of hydrogen-bond donors (Lipinski definition) is 1. The van der Waals surface area contributed by atoms with E-state index in [4.69, 9.17) is 10.5 Å². The first kappa shape index (κ1) is 12.2.